The third-order valence-corrected chi connectivity index (χ3v) is 5.41. The topological polar surface area (TPSA) is 17.8 Å². The van der Waals surface area contributed by atoms with E-state index in [1.165, 1.54) is 0 Å². The number of rotatable bonds is 2. The number of hydrogen-bond acceptors (Lipinski definition) is 2. The Labute approximate surface area is 127 Å². The lowest BCUT2D eigenvalue weighted by Gasteiger charge is -2.14. The van der Waals surface area contributed by atoms with Gasteiger partial charge >= 0.3 is 0 Å². The van der Waals surface area contributed by atoms with E-state index < -0.39 is 0 Å². The number of thioether (sulfide) groups is 1. The molecule has 1 aromatic heterocycles. The van der Waals surface area contributed by atoms with Gasteiger partial charge in [0.05, 0.1) is 20.5 Å². The first-order valence-corrected chi connectivity index (χ1v) is 8.47. The van der Waals surface area contributed by atoms with Crippen molar-refractivity contribution in [2.45, 2.75) is 18.3 Å². The van der Waals surface area contributed by atoms with Gasteiger partial charge in [-0.3, -0.25) is 0 Å². The molecule has 2 heterocycles. The van der Waals surface area contributed by atoms with Crippen LogP contribution in [0.4, 0.5) is 4.39 Å². The summed E-state index contributed by atoms with van der Waals surface area (Å²) in [5, 5.41) is 0. The van der Waals surface area contributed by atoms with Crippen LogP contribution in [0.1, 0.15) is 18.3 Å². The average Bonchev–Trinajstić information content (AvgIpc) is 2.96. The molecule has 0 amide bonds. The maximum absolute atomic E-state index is 13.7. The number of alkyl halides is 1. The van der Waals surface area contributed by atoms with E-state index in [0.717, 1.165) is 34.8 Å². The molecule has 1 aliphatic rings. The number of imidazole rings is 1. The van der Waals surface area contributed by atoms with Crippen molar-refractivity contribution in [3.63, 3.8) is 0 Å². The van der Waals surface area contributed by atoms with Gasteiger partial charge in [-0.05, 0) is 40.8 Å². The van der Waals surface area contributed by atoms with Gasteiger partial charge in [0.15, 0.2) is 0 Å². The highest BCUT2D eigenvalue weighted by atomic mass is 127. The standard InChI is InChI=1S/C12H11ClFIN2S/c13-5-12-16-10-4-9(15)8(14)3-11(10)17(12)7-1-2-18-6-7/h3-4,7H,1-2,5-6H2. The molecule has 1 atom stereocenters. The van der Waals surface area contributed by atoms with Crippen molar-refractivity contribution in [2.24, 2.45) is 0 Å². The third kappa shape index (κ3) is 2.14. The van der Waals surface area contributed by atoms with Gasteiger partial charge < -0.3 is 4.57 Å². The van der Waals surface area contributed by atoms with Crippen molar-refractivity contribution in [1.29, 1.82) is 0 Å². The van der Waals surface area contributed by atoms with Gasteiger partial charge in [0, 0.05) is 17.9 Å². The molecule has 0 bridgehead atoms. The highest BCUT2D eigenvalue weighted by molar-refractivity contribution is 14.1. The van der Waals surface area contributed by atoms with Gasteiger partial charge in [-0.25, -0.2) is 9.37 Å². The normalized spacial score (nSPS) is 19.8. The predicted molar refractivity (Wildman–Crippen MR) is 82.9 cm³/mol. The van der Waals surface area contributed by atoms with Crippen molar-refractivity contribution < 1.29 is 4.39 Å². The molecule has 6 heteroatoms. The average molecular weight is 397 g/mol. The summed E-state index contributed by atoms with van der Waals surface area (Å²) in [5.74, 6) is 3.24. The first kappa shape index (κ1) is 13.0. The van der Waals surface area contributed by atoms with Gasteiger partial charge in [0.1, 0.15) is 11.6 Å². The number of benzene rings is 1. The third-order valence-electron chi connectivity index (χ3n) is 3.19. The Kier molecular flexibility index (Phi) is 3.73. The largest absolute Gasteiger partial charge is 0.323 e. The summed E-state index contributed by atoms with van der Waals surface area (Å²) >= 11 is 9.90. The highest BCUT2D eigenvalue weighted by Gasteiger charge is 2.23. The predicted octanol–water partition coefficient (Wildman–Crippen LogP) is 4.20. The van der Waals surface area contributed by atoms with Crippen molar-refractivity contribution in [3.8, 4) is 0 Å². The van der Waals surface area contributed by atoms with Crippen LogP contribution >= 0.6 is 46.0 Å². The van der Waals surface area contributed by atoms with E-state index in [1.807, 2.05) is 34.4 Å². The van der Waals surface area contributed by atoms with E-state index in [1.54, 1.807) is 12.1 Å². The number of aromatic nitrogens is 2. The minimum absolute atomic E-state index is 0.184. The first-order valence-electron chi connectivity index (χ1n) is 5.70. The molecule has 0 spiro atoms. The number of fused-ring (bicyclic) bond motifs is 1. The first-order chi connectivity index (χ1) is 8.70. The molecule has 2 aromatic rings. The second-order valence-electron chi connectivity index (χ2n) is 4.30. The highest BCUT2D eigenvalue weighted by Crippen LogP contribution is 2.33. The van der Waals surface area contributed by atoms with Gasteiger partial charge in [0.25, 0.3) is 0 Å². The van der Waals surface area contributed by atoms with Crippen molar-refractivity contribution in [2.75, 3.05) is 11.5 Å². The van der Waals surface area contributed by atoms with Gasteiger partial charge in [-0.15, -0.1) is 11.6 Å². The van der Waals surface area contributed by atoms with E-state index in [0.29, 0.717) is 15.5 Å². The fraction of sp³-hybridized carbons (Fsp3) is 0.417. The fourth-order valence-electron chi connectivity index (χ4n) is 2.37. The molecule has 1 aliphatic heterocycles. The minimum atomic E-state index is -0.184. The van der Waals surface area contributed by atoms with Crippen LogP contribution in [0.5, 0.6) is 0 Å². The second kappa shape index (κ2) is 5.17. The van der Waals surface area contributed by atoms with Crippen molar-refractivity contribution >= 4 is 57.0 Å². The van der Waals surface area contributed by atoms with Gasteiger partial charge in [-0.2, -0.15) is 11.8 Å². The molecule has 18 heavy (non-hydrogen) atoms. The van der Waals surface area contributed by atoms with Crippen molar-refractivity contribution in [3.05, 3.63) is 27.3 Å². The molecule has 1 unspecified atom stereocenters. The van der Waals surface area contributed by atoms with Crippen LogP contribution in [-0.4, -0.2) is 21.1 Å². The van der Waals surface area contributed by atoms with Crippen LogP contribution in [0.15, 0.2) is 12.1 Å². The molecule has 0 saturated carbocycles. The Hall–Kier alpha value is -0.0100. The summed E-state index contributed by atoms with van der Waals surface area (Å²) < 4.78 is 16.5. The van der Waals surface area contributed by atoms with E-state index in [9.17, 15) is 4.39 Å². The molecule has 1 saturated heterocycles. The van der Waals surface area contributed by atoms with Crippen molar-refractivity contribution in [1.82, 2.24) is 9.55 Å². The number of nitrogens with zero attached hydrogens (tertiary/aromatic N) is 2. The zero-order chi connectivity index (χ0) is 12.7. The van der Waals surface area contributed by atoms with Crippen LogP contribution in [0.2, 0.25) is 0 Å². The monoisotopic (exact) mass is 396 g/mol. The maximum Gasteiger partial charge on any atom is 0.138 e. The lowest BCUT2D eigenvalue weighted by molar-refractivity contribution is 0.556. The number of hydrogen-bond donors (Lipinski definition) is 0. The SMILES string of the molecule is Fc1cc2c(cc1I)nc(CCl)n2C1CCSC1. The lowest BCUT2D eigenvalue weighted by Crippen LogP contribution is -2.10. The van der Waals surface area contributed by atoms with Crippen LogP contribution in [0.25, 0.3) is 11.0 Å². The summed E-state index contributed by atoms with van der Waals surface area (Å²) in [4.78, 5) is 4.53. The Bertz CT molecular complexity index is 595. The van der Waals surface area contributed by atoms with Crippen LogP contribution in [0.3, 0.4) is 0 Å². The molecule has 0 radical (unpaired) electrons. The quantitative estimate of drug-likeness (QED) is 0.559. The Morgan fingerprint density at radius 2 is 2.39 bits per heavy atom. The molecule has 2 nitrogen and oxygen atoms in total. The molecule has 1 fully saturated rings. The van der Waals surface area contributed by atoms with Gasteiger partial charge in [-0.1, -0.05) is 0 Å². The Morgan fingerprint density at radius 3 is 3.06 bits per heavy atom. The summed E-state index contributed by atoms with van der Waals surface area (Å²) in [6.45, 7) is 0. The van der Waals surface area contributed by atoms with Gasteiger partial charge in [0.2, 0.25) is 0 Å². The van der Waals surface area contributed by atoms with E-state index in [-0.39, 0.29) is 5.82 Å². The van der Waals surface area contributed by atoms with E-state index >= 15 is 0 Å². The zero-order valence-electron chi connectivity index (χ0n) is 9.50. The Balaban J connectivity index is 2.23. The second-order valence-corrected chi connectivity index (χ2v) is 6.88. The smallest absolute Gasteiger partial charge is 0.138 e. The molecule has 0 aliphatic carbocycles. The summed E-state index contributed by atoms with van der Waals surface area (Å²) in [6.07, 6.45) is 1.10. The lowest BCUT2D eigenvalue weighted by atomic mass is 10.2. The molecule has 0 N–H and O–H groups in total. The Morgan fingerprint density at radius 1 is 1.56 bits per heavy atom. The molecular weight excluding hydrogens is 386 g/mol. The van der Waals surface area contributed by atoms with Crippen LogP contribution in [-0.2, 0) is 5.88 Å². The fourth-order valence-corrected chi connectivity index (χ4v) is 4.20. The molecule has 96 valence electrons. The minimum Gasteiger partial charge on any atom is -0.323 e. The molecular formula is C12H11ClFIN2S. The zero-order valence-corrected chi connectivity index (χ0v) is 13.2. The maximum atomic E-state index is 13.7. The summed E-state index contributed by atoms with van der Waals surface area (Å²) in [7, 11) is 0. The molecule has 3 rings (SSSR count). The van der Waals surface area contributed by atoms with Crippen LogP contribution < -0.4 is 0 Å². The summed E-state index contributed by atoms with van der Waals surface area (Å²) in [6, 6.07) is 3.77. The van der Waals surface area contributed by atoms with E-state index in [2.05, 4.69) is 9.55 Å². The van der Waals surface area contributed by atoms with Crippen LogP contribution in [0, 0.1) is 9.39 Å². The van der Waals surface area contributed by atoms with E-state index in [4.69, 9.17) is 11.6 Å². The summed E-state index contributed by atoms with van der Waals surface area (Å²) in [5.41, 5.74) is 1.71. The molecule has 1 aromatic carbocycles. The number of halogens is 3.